The van der Waals surface area contributed by atoms with Crippen molar-refractivity contribution < 1.29 is 17.9 Å². The molecule has 1 aliphatic heterocycles. The van der Waals surface area contributed by atoms with Gasteiger partial charge in [0.2, 0.25) is 15.9 Å². The van der Waals surface area contributed by atoms with E-state index < -0.39 is 10.0 Å². The van der Waals surface area contributed by atoms with E-state index in [0.29, 0.717) is 37.6 Å². The second-order valence-electron chi connectivity index (χ2n) is 6.72. The Kier molecular flexibility index (Phi) is 5.98. The minimum atomic E-state index is -3.63. The van der Waals surface area contributed by atoms with E-state index in [1.165, 1.54) is 10.4 Å². The Morgan fingerprint density at radius 2 is 2.08 bits per heavy atom. The lowest BCUT2D eigenvalue weighted by Crippen LogP contribution is -2.28. The van der Waals surface area contributed by atoms with Gasteiger partial charge in [0.1, 0.15) is 10.6 Å². The van der Waals surface area contributed by atoms with Gasteiger partial charge in [0.05, 0.1) is 6.61 Å². The Hall–Kier alpha value is -1.86. The summed E-state index contributed by atoms with van der Waals surface area (Å²) in [6, 6.07) is 4.83. The van der Waals surface area contributed by atoms with Crippen molar-refractivity contribution in [1.82, 2.24) is 4.31 Å². The van der Waals surface area contributed by atoms with Crippen molar-refractivity contribution >= 4 is 21.6 Å². The zero-order valence-electron chi connectivity index (χ0n) is 15.1. The van der Waals surface area contributed by atoms with Gasteiger partial charge in [-0.3, -0.25) is 4.79 Å². The lowest BCUT2D eigenvalue weighted by atomic mass is 10.1. The summed E-state index contributed by atoms with van der Waals surface area (Å²) in [6.45, 7) is 3.25. The van der Waals surface area contributed by atoms with Crippen LogP contribution in [0.5, 0.6) is 5.75 Å². The fourth-order valence-corrected chi connectivity index (χ4v) is 5.12. The average Bonchev–Trinajstić information content (AvgIpc) is 3.30. The highest BCUT2D eigenvalue weighted by molar-refractivity contribution is 7.89. The number of hydrogen-bond acceptors (Lipinski definition) is 4. The van der Waals surface area contributed by atoms with E-state index in [4.69, 9.17) is 4.74 Å². The van der Waals surface area contributed by atoms with Gasteiger partial charge in [0.25, 0.3) is 0 Å². The van der Waals surface area contributed by atoms with Gasteiger partial charge in [-0.05, 0) is 56.7 Å². The van der Waals surface area contributed by atoms with Gasteiger partial charge in [-0.2, -0.15) is 4.31 Å². The monoisotopic (exact) mass is 378 g/mol. The summed E-state index contributed by atoms with van der Waals surface area (Å²) in [4.78, 5) is 12.4. The number of benzene rings is 1. The number of sulfonamides is 1. The fraction of sp³-hybridized carbons (Fsp3) is 0.526. The third kappa shape index (κ3) is 4.27. The maximum atomic E-state index is 13.0. The molecule has 1 heterocycles. The van der Waals surface area contributed by atoms with E-state index in [-0.39, 0.29) is 16.7 Å². The second-order valence-corrected chi connectivity index (χ2v) is 8.63. The molecule has 3 rings (SSSR count). The van der Waals surface area contributed by atoms with Crippen molar-refractivity contribution in [3.63, 3.8) is 0 Å². The molecule has 0 saturated carbocycles. The maximum Gasteiger partial charge on any atom is 0.246 e. The molecule has 1 aliphatic carbocycles. The Balaban J connectivity index is 1.81. The summed E-state index contributed by atoms with van der Waals surface area (Å²) >= 11 is 0. The van der Waals surface area contributed by atoms with Crippen LogP contribution in [0.2, 0.25) is 0 Å². The summed E-state index contributed by atoms with van der Waals surface area (Å²) in [7, 11) is -3.63. The van der Waals surface area contributed by atoms with Gasteiger partial charge in [0, 0.05) is 25.2 Å². The molecule has 1 atom stereocenters. The molecular formula is C19H26N2O4S. The molecule has 0 spiro atoms. The first kappa shape index (κ1) is 18.9. The normalized spacial score (nSPS) is 20.4. The number of allylic oxidation sites excluding steroid dienone is 2. The van der Waals surface area contributed by atoms with Crippen LogP contribution in [-0.2, 0) is 14.8 Å². The number of hydrogen-bond donors (Lipinski definition) is 1. The van der Waals surface area contributed by atoms with Crippen LogP contribution in [0.4, 0.5) is 5.69 Å². The average molecular weight is 378 g/mol. The quantitative estimate of drug-likeness (QED) is 0.740. The van der Waals surface area contributed by atoms with Crippen LogP contribution in [0.3, 0.4) is 0 Å². The Morgan fingerprint density at radius 1 is 1.31 bits per heavy atom. The van der Waals surface area contributed by atoms with E-state index in [1.54, 1.807) is 12.1 Å². The number of nitrogens with one attached hydrogen (secondary N) is 1. The summed E-state index contributed by atoms with van der Waals surface area (Å²) in [6.07, 6.45) is 8.32. The molecule has 1 fully saturated rings. The van der Waals surface area contributed by atoms with E-state index in [9.17, 15) is 13.2 Å². The topological polar surface area (TPSA) is 75.7 Å². The molecule has 0 aromatic heterocycles. The summed E-state index contributed by atoms with van der Waals surface area (Å²) in [5.41, 5.74) is 0.484. The van der Waals surface area contributed by atoms with E-state index in [2.05, 4.69) is 17.5 Å². The highest BCUT2D eigenvalue weighted by atomic mass is 32.2. The van der Waals surface area contributed by atoms with Gasteiger partial charge in [-0.25, -0.2) is 8.42 Å². The van der Waals surface area contributed by atoms with Crippen molar-refractivity contribution in [1.29, 1.82) is 0 Å². The first-order valence-corrected chi connectivity index (χ1v) is 10.7. The van der Waals surface area contributed by atoms with Crippen molar-refractivity contribution in [2.24, 2.45) is 5.92 Å². The predicted octanol–water partition coefficient (Wildman–Crippen LogP) is 3.16. The number of amides is 1. The minimum absolute atomic E-state index is 0.102. The maximum absolute atomic E-state index is 13.0. The molecule has 0 unspecified atom stereocenters. The molecule has 2 aliphatic rings. The van der Waals surface area contributed by atoms with E-state index in [1.807, 2.05) is 6.92 Å². The smallest absolute Gasteiger partial charge is 0.246 e. The number of carbonyl (C=O) groups excluding carboxylic acids is 1. The summed E-state index contributed by atoms with van der Waals surface area (Å²) in [5, 5.41) is 2.83. The number of rotatable bonds is 7. The standard InChI is InChI=1S/C19H26N2O4S/c1-2-25-17-10-9-16(20-19(22)13-15-7-3-4-8-15)14-18(17)26(23,24)21-11-5-6-12-21/h3,7,9-10,14-15H,2,4-6,8,11-13H2,1H3,(H,20,22)/t15-/m0/s1. The molecule has 1 saturated heterocycles. The van der Waals surface area contributed by atoms with E-state index in [0.717, 1.165) is 25.7 Å². The zero-order chi connectivity index (χ0) is 18.6. The molecule has 1 aromatic carbocycles. The van der Waals surface area contributed by atoms with Gasteiger partial charge in [0.15, 0.2) is 0 Å². The molecular weight excluding hydrogens is 352 g/mol. The summed E-state index contributed by atoms with van der Waals surface area (Å²) < 4.78 is 33.0. The van der Waals surface area contributed by atoms with Crippen molar-refractivity contribution in [2.75, 3.05) is 25.0 Å². The second kappa shape index (κ2) is 8.22. The van der Waals surface area contributed by atoms with E-state index >= 15 is 0 Å². The Morgan fingerprint density at radius 3 is 2.73 bits per heavy atom. The predicted molar refractivity (Wildman–Crippen MR) is 101 cm³/mol. The van der Waals surface area contributed by atoms with Gasteiger partial charge in [-0.15, -0.1) is 0 Å². The van der Waals surface area contributed by atoms with Gasteiger partial charge >= 0.3 is 0 Å². The largest absolute Gasteiger partial charge is 0.492 e. The first-order chi connectivity index (χ1) is 12.5. The van der Waals surface area contributed by atoms with Crippen LogP contribution >= 0.6 is 0 Å². The van der Waals surface area contributed by atoms with Crippen molar-refractivity contribution in [3.8, 4) is 5.75 Å². The van der Waals surface area contributed by atoms with Crippen LogP contribution in [0.25, 0.3) is 0 Å². The number of anilines is 1. The third-order valence-corrected chi connectivity index (χ3v) is 6.69. The minimum Gasteiger partial charge on any atom is -0.492 e. The molecule has 26 heavy (non-hydrogen) atoms. The molecule has 6 nitrogen and oxygen atoms in total. The van der Waals surface area contributed by atoms with Crippen molar-refractivity contribution in [3.05, 3.63) is 30.4 Å². The van der Waals surface area contributed by atoms with Crippen LogP contribution in [-0.4, -0.2) is 38.3 Å². The zero-order valence-corrected chi connectivity index (χ0v) is 15.9. The van der Waals surface area contributed by atoms with Crippen LogP contribution < -0.4 is 10.1 Å². The molecule has 7 heteroatoms. The Labute approximate surface area is 155 Å². The van der Waals surface area contributed by atoms with Gasteiger partial charge in [-0.1, -0.05) is 12.2 Å². The molecule has 0 bridgehead atoms. The molecule has 1 amide bonds. The molecule has 1 N–H and O–H groups in total. The van der Waals surface area contributed by atoms with Crippen LogP contribution in [0, 0.1) is 5.92 Å². The lowest BCUT2D eigenvalue weighted by molar-refractivity contribution is -0.116. The lowest BCUT2D eigenvalue weighted by Gasteiger charge is -2.19. The fourth-order valence-electron chi connectivity index (χ4n) is 3.45. The molecule has 0 radical (unpaired) electrons. The van der Waals surface area contributed by atoms with Gasteiger partial charge < -0.3 is 10.1 Å². The van der Waals surface area contributed by atoms with Crippen LogP contribution in [0.15, 0.2) is 35.2 Å². The molecule has 142 valence electrons. The van der Waals surface area contributed by atoms with Crippen molar-refractivity contribution in [2.45, 2.75) is 43.9 Å². The molecule has 1 aromatic rings. The summed E-state index contributed by atoms with van der Waals surface area (Å²) in [5.74, 6) is 0.497. The first-order valence-electron chi connectivity index (χ1n) is 9.24. The number of nitrogens with zero attached hydrogens (tertiary/aromatic N) is 1. The SMILES string of the molecule is CCOc1ccc(NC(=O)C[C@H]2C=CCC2)cc1S(=O)(=O)N1CCCC1. The third-order valence-electron chi connectivity index (χ3n) is 4.77. The number of ether oxygens (including phenoxy) is 1. The Bertz CT molecular complexity index is 783. The highest BCUT2D eigenvalue weighted by Crippen LogP contribution is 2.32. The highest BCUT2D eigenvalue weighted by Gasteiger charge is 2.30. The number of carbonyl (C=O) groups is 1. The van der Waals surface area contributed by atoms with Crippen LogP contribution in [0.1, 0.15) is 39.0 Å².